The molecule has 112 valence electrons. The first-order valence-electron chi connectivity index (χ1n) is 7.67. The maximum absolute atomic E-state index is 12.9. The van der Waals surface area contributed by atoms with E-state index in [-0.39, 0.29) is 11.9 Å². The molecule has 1 aromatic carbocycles. The van der Waals surface area contributed by atoms with Crippen molar-refractivity contribution in [2.45, 2.75) is 39.2 Å². The molecule has 2 heterocycles. The lowest BCUT2D eigenvalue weighted by atomic mass is 10.1. The smallest absolute Gasteiger partial charge is 0.270 e. The SMILES string of the molecule is CC(C)n1c(C(=O)N2CCCCC2)cc2cc(Cl)ccc21. The number of fused-ring (bicyclic) bond motifs is 1. The summed E-state index contributed by atoms with van der Waals surface area (Å²) in [6, 6.07) is 8.05. The van der Waals surface area contributed by atoms with Crippen molar-refractivity contribution >= 4 is 28.4 Å². The molecule has 0 saturated carbocycles. The van der Waals surface area contributed by atoms with Crippen molar-refractivity contribution in [1.29, 1.82) is 0 Å². The Hall–Kier alpha value is -1.48. The van der Waals surface area contributed by atoms with Gasteiger partial charge in [0.05, 0.1) is 0 Å². The predicted molar refractivity (Wildman–Crippen MR) is 87.1 cm³/mol. The number of rotatable bonds is 2. The Bertz CT molecular complexity index is 669. The normalized spacial score (nSPS) is 15.9. The molecule has 1 fully saturated rings. The van der Waals surface area contributed by atoms with Crippen LogP contribution >= 0.6 is 11.6 Å². The minimum atomic E-state index is 0.149. The van der Waals surface area contributed by atoms with E-state index in [4.69, 9.17) is 11.6 Å². The van der Waals surface area contributed by atoms with E-state index < -0.39 is 0 Å². The predicted octanol–water partition coefficient (Wildman–Crippen LogP) is 4.50. The third-order valence-electron chi connectivity index (χ3n) is 4.18. The second kappa shape index (κ2) is 5.72. The first-order valence-corrected chi connectivity index (χ1v) is 8.05. The second-order valence-corrected chi connectivity index (χ2v) is 6.49. The van der Waals surface area contributed by atoms with Crippen LogP contribution in [0.2, 0.25) is 5.02 Å². The molecule has 0 radical (unpaired) electrons. The fourth-order valence-corrected chi connectivity index (χ4v) is 3.37. The summed E-state index contributed by atoms with van der Waals surface area (Å²) in [5, 5.41) is 1.75. The third kappa shape index (κ3) is 2.67. The maximum Gasteiger partial charge on any atom is 0.270 e. The van der Waals surface area contributed by atoms with E-state index in [1.54, 1.807) is 0 Å². The molecule has 1 aromatic heterocycles. The van der Waals surface area contributed by atoms with Crippen molar-refractivity contribution in [2.24, 2.45) is 0 Å². The highest BCUT2D eigenvalue weighted by atomic mass is 35.5. The molecular formula is C17H21ClN2O. The largest absolute Gasteiger partial charge is 0.337 e. The number of nitrogens with zero attached hydrogens (tertiary/aromatic N) is 2. The van der Waals surface area contributed by atoms with Crippen molar-refractivity contribution in [1.82, 2.24) is 9.47 Å². The molecule has 0 spiro atoms. The number of amides is 1. The van der Waals surface area contributed by atoms with Gasteiger partial charge in [0.25, 0.3) is 5.91 Å². The van der Waals surface area contributed by atoms with Gasteiger partial charge in [-0.25, -0.2) is 0 Å². The van der Waals surface area contributed by atoms with Gasteiger partial charge in [0.1, 0.15) is 5.69 Å². The molecule has 4 heteroatoms. The number of likely N-dealkylation sites (tertiary alicyclic amines) is 1. The van der Waals surface area contributed by atoms with Gasteiger partial charge in [0.2, 0.25) is 0 Å². The lowest BCUT2D eigenvalue weighted by molar-refractivity contribution is 0.0712. The van der Waals surface area contributed by atoms with Gasteiger partial charge in [-0.2, -0.15) is 0 Å². The molecule has 1 aliphatic rings. The lowest BCUT2D eigenvalue weighted by Crippen LogP contribution is -2.36. The first kappa shape index (κ1) is 14.5. The van der Waals surface area contributed by atoms with Gasteiger partial charge in [0, 0.05) is 35.1 Å². The lowest BCUT2D eigenvalue weighted by Gasteiger charge is -2.27. The number of carbonyl (C=O) groups is 1. The van der Waals surface area contributed by atoms with E-state index in [2.05, 4.69) is 18.4 Å². The number of hydrogen-bond donors (Lipinski definition) is 0. The van der Waals surface area contributed by atoms with E-state index >= 15 is 0 Å². The van der Waals surface area contributed by atoms with Crippen molar-refractivity contribution in [2.75, 3.05) is 13.1 Å². The Morgan fingerprint density at radius 2 is 1.86 bits per heavy atom. The quantitative estimate of drug-likeness (QED) is 0.802. The Balaban J connectivity index is 2.08. The van der Waals surface area contributed by atoms with Crippen molar-refractivity contribution in [3.63, 3.8) is 0 Å². The molecule has 1 saturated heterocycles. The van der Waals surface area contributed by atoms with Gasteiger partial charge < -0.3 is 9.47 Å². The van der Waals surface area contributed by atoms with Crippen LogP contribution in [-0.4, -0.2) is 28.5 Å². The minimum Gasteiger partial charge on any atom is -0.337 e. The van der Waals surface area contributed by atoms with Crippen LogP contribution in [0.1, 0.15) is 49.6 Å². The van der Waals surface area contributed by atoms with Gasteiger partial charge in [-0.3, -0.25) is 4.79 Å². The number of carbonyl (C=O) groups excluding carboxylic acids is 1. The summed E-state index contributed by atoms with van der Waals surface area (Å²) >= 11 is 6.08. The zero-order valence-corrected chi connectivity index (χ0v) is 13.4. The summed E-state index contributed by atoms with van der Waals surface area (Å²) in [6.07, 6.45) is 3.45. The van der Waals surface area contributed by atoms with Crippen LogP contribution in [0.3, 0.4) is 0 Å². The third-order valence-corrected chi connectivity index (χ3v) is 4.41. The van der Waals surface area contributed by atoms with Crippen molar-refractivity contribution in [3.8, 4) is 0 Å². The van der Waals surface area contributed by atoms with Crippen LogP contribution in [0.4, 0.5) is 0 Å². The number of piperidine rings is 1. The molecule has 0 bridgehead atoms. The molecule has 2 aromatic rings. The van der Waals surface area contributed by atoms with Crippen LogP contribution in [0.25, 0.3) is 10.9 Å². The molecule has 3 rings (SSSR count). The highest BCUT2D eigenvalue weighted by Gasteiger charge is 2.23. The Morgan fingerprint density at radius 3 is 2.52 bits per heavy atom. The Labute approximate surface area is 130 Å². The van der Waals surface area contributed by atoms with Crippen LogP contribution in [-0.2, 0) is 0 Å². The fourth-order valence-electron chi connectivity index (χ4n) is 3.19. The zero-order chi connectivity index (χ0) is 15.0. The Morgan fingerprint density at radius 1 is 1.14 bits per heavy atom. The molecule has 0 N–H and O–H groups in total. The van der Waals surface area contributed by atoms with Crippen LogP contribution in [0, 0.1) is 0 Å². The van der Waals surface area contributed by atoms with Crippen LogP contribution in [0.15, 0.2) is 24.3 Å². The number of benzene rings is 1. The van der Waals surface area contributed by atoms with Gasteiger partial charge in [-0.15, -0.1) is 0 Å². The second-order valence-electron chi connectivity index (χ2n) is 6.05. The van der Waals surface area contributed by atoms with E-state index in [9.17, 15) is 4.79 Å². The van der Waals surface area contributed by atoms with Gasteiger partial charge >= 0.3 is 0 Å². The number of aromatic nitrogens is 1. The molecule has 3 nitrogen and oxygen atoms in total. The van der Waals surface area contributed by atoms with Crippen molar-refractivity contribution < 1.29 is 4.79 Å². The number of hydrogen-bond acceptors (Lipinski definition) is 1. The van der Waals surface area contributed by atoms with E-state index in [1.165, 1.54) is 6.42 Å². The summed E-state index contributed by atoms with van der Waals surface area (Å²) in [6.45, 7) is 5.97. The molecule has 1 aliphatic heterocycles. The van der Waals surface area contributed by atoms with Gasteiger partial charge in [-0.1, -0.05) is 11.6 Å². The Kier molecular flexibility index (Phi) is 3.94. The molecular weight excluding hydrogens is 284 g/mol. The number of halogens is 1. The monoisotopic (exact) mass is 304 g/mol. The molecule has 0 aliphatic carbocycles. The average molecular weight is 305 g/mol. The van der Waals surface area contributed by atoms with E-state index in [0.29, 0.717) is 5.02 Å². The van der Waals surface area contributed by atoms with Crippen LogP contribution < -0.4 is 0 Å². The van der Waals surface area contributed by atoms with Gasteiger partial charge in [-0.05, 0) is 57.4 Å². The molecule has 0 atom stereocenters. The summed E-state index contributed by atoms with van der Waals surface area (Å²) in [4.78, 5) is 14.8. The fraction of sp³-hybridized carbons (Fsp3) is 0.471. The van der Waals surface area contributed by atoms with Crippen LogP contribution in [0.5, 0.6) is 0 Å². The molecule has 21 heavy (non-hydrogen) atoms. The van der Waals surface area contributed by atoms with Crippen molar-refractivity contribution in [3.05, 3.63) is 35.0 Å². The maximum atomic E-state index is 12.9. The molecule has 1 amide bonds. The standard InChI is InChI=1S/C17H21ClN2O/c1-12(2)20-15-7-6-14(18)10-13(15)11-16(20)17(21)19-8-4-3-5-9-19/h6-7,10-12H,3-5,8-9H2,1-2H3. The van der Waals surface area contributed by atoms with Gasteiger partial charge in [0.15, 0.2) is 0 Å². The zero-order valence-electron chi connectivity index (χ0n) is 12.6. The highest BCUT2D eigenvalue weighted by Crippen LogP contribution is 2.28. The summed E-state index contributed by atoms with van der Waals surface area (Å²) in [5.41, 5.74) is 1.86. The minimum absolute atomic E-state index is 0.149. The van der Waals surface area contributed by atoms with E-state index in [1.807, 2.05) is 29.2 Å². The summed E-state index contributed by atoms with van der Waals surface area (Å²) < 4.78 is 2.13. The topological polar surface area (TPSA) is 25.2 Å². The summed E-state index contributed by atoms with van der Waals surface area (Å²) in [5.74, 6) is 0.149. The summed E-state index contributed by atoms with van der Waals surface area (Å²) in [7, 11) is 0. The van der Waals surface area contributed by atoms with E-state index in [0.717, 1.165) is 42.5 Å². The molecule has 0 unspecified atom stereocenters. The first-order chi connectivity index (χ1) is 10.1. The highest BCUT2D eigenvalue weighted by molar-refractivity contribution is 6.31. The average Bonchev–Trinajstić information content (AvgIpc) is 2.85.